The summed E-state index contributed by atoms with van der Waals surface area (Å²) in [7, 11) is 3.56. The van der Waals surface area contributed by atoms with E-state index in [9.17, 15) is 9.59 Å². The minimum Gasteiger partial charge on any atom is -0.350 e. The second kappa shape index (κ2) is 8.14. The van der Waals surface area contributed by atoms with Gasteiger partial charge in [0.1, 0.15) is 6.04 Å². The number of amides is 2. The van der Waals surface area contributed by atoms with Crippen LogP contribution in [0.25, 0.3) is 0 Å². The highest BCUT2D eigenvalue weighted by Gasteiger charge is 2.25. The second-order valence-corrected chi connectivity index (χ2v) is 5.52. The molecular formula is C14H24ClN5O2. The number of nitrogens with zero attached hydrogens (tertiary/aromatic N) is 3. The Kier molecular flexibility index (Phi) is 6.83. The van der Waals surface area contributed by atoms with E-state index in [2.05, 4.69) is 15.7 Å². The lowest BCUT2D eigenvalue weighted by Crippen LogP contribution is -2.46. The molecule has 2 N–H and O–H groups in total. The van der Waals surface area contributed by atoms with Crippen molar-refractivity contribution in [2.75, 3.05) is 20.1 Å². The standard InChI is InChI=1S/C14H23N5O2.ClH/c1-10(8-19-6-4-5-12(19)20)17-14(21)13(15-2)11-7-16-18(3)9-11;/h7,9-10,13,15H,4-6,8H2,1-3H3,(H,17,21);1H. The van der Waals surface area contributed by atoms with Crippen molar-refractivity contribution < 1.29 is 9.59 Å². The summed E-state index contributed by atoms with van der Waals surface area (Å²) in [6, 6.07) is -0.512. The van der Waals surface area contributed by atoms with Crippen molar-refractivity contribution in [1.29, 1.82) is 0 Å². The van der Waals surface area contributed by atoms with Gasteiger partial charge < -0.3 is 15.5 Å². The van der Waals surface area contributed by atoms with Gasteiger partial charge in [-0.3, -0.25) is 14.3 Å². The summed E-state index contributed by atoms with van der Waals surface area (Å²) < 4.78 is 1.67. The molecule has 0 spiro atoms. The van der Waals surface area contributed by atoms with Gasteiger partial charge in [-0.2, -0.15) is 5.10 Å². The molecule has 1 aliphatic heterocycles. The molecule has 1 saturated heterocycles. The first kappa shape index (κ1) is 18.4. The molecule has 1 aromatic rings. The van der Waals surface area contributed by atoms with E-state index >= 15 is 0 Å². The highest BCUT2D eigenvalue weighted by molar-refractivity contribution is 5.85. The zero-order valence-electron chi connectivity index (χ0n) is 13.2. The third kappa shape index (κ3) is 4.45. The first-order valence-corrected chi connectivity index (χ1v) is 7.25. The van der Waals surface area contributed by atoms with Crippen LogP contribution in [0.5, 0.6) is 0 Å². The summed E-state index contributed by atoms with van der Waals surface area (Å²) in [5.41, 5.74) is 0.821. The van der Waals surface area contributed by atoms with Crippen molar-refractivity contribution in [3.05, 3.63) is 18.0 Å². The Morgan fingerprint density at radius 2 is 2.23 bits per heavy atom. The van der Waals surface area contributed by atoms with Crippen LogP contribution in [0.1, 0.15) is 31.4 Å². The van der Waals surface area contributed by atoms with Gasteiger partial charge in [-0.25, -0.2) is 0 Å². The number of nitrogens with one attached hydrogen (secondary N) is 2. The zero-order valence-corrected chi connectivity index (χ0v) is 14.0. The number of aryl methyl sites for hydroxylation is 1. The number of likely N-dealkylation sites (N-methyl/N-ethyl adjacent to an activating group) is 1. The number of carbonyl (C=O) groups excluding carboxylic acids is 2. The highest BCUT2D eigenvalue weighted by atomic mass is 35.5. The molecule has 2 heterocycles. The Hall–Kier alpha value is -1.60. The van der Waals surface area contributed by atoms with Gasteiger partial charge in [-0.1, -0.05) is 0 Å². The van der Waals surface area contributed by atoms with E-state index in [1.165, 1.54) is 0 Å². The van der Waals surface area contributed by atoms with Crippen molar-refractivity contribution in [2.45, 2.75) is 31.8 Å². The molecule has 2 rings (SSSR count). The van der Waals surface area contributed by atoms with E-state index in [0.29, 0.717) is 13.0 Å². The topological polar surface area (TPSA) is 79.3 Å². The van der Waals surface area contributed by atoms with E-state index in [1.54, 1.807) is 17.9 Å². The fourth-order valence-electron chi connectivity index (χ4n) is 2.64. The molecule has 2 unspecified atom stereocenters. The van der Waals surface area contributed by atoms with Crippen LogP contribution >= 0.6 is 12.4 Å². The summed E-state index contributed by atoms with van der Waals surface area (Å²) >= 11 is 0. The van der Waals surface area contributed by atoms with Crippen molar-refractivity contribution >= 4 is 24.2 Å². The van der Waals surface area contributed by atoms with E-state index in [-0.39, 0.29) is 30.3 Å². The average Bonchev–Trinajstić information content (AvgIpc) is 3.00. The van der Waals surface area contributed by atoms with E-state index in [0.717, 1.165) is 18.5 Å². The molecule has 1 aromatic heterocycles. The highest BCUT2D eigenvalue weighted by Crippen LogP contribution is 2.13. The normalized spacial score (nSPS) is 17.0. The third-order valence-electron chi connectivity index (χ3n) is 3.66. The molecule has 1 fully saturated rings. The van der Waals surface area contributed by atoms with E-state index in [4.69, 9.17) is 0 Å². The molecular weight excluding hydrogens is 306 g/mol. The van der Waals surface area contributed by atoms with Crippen LogP contribution < -0.4 is 10.6 Å². The van der Waals surface area contributed by atoms with Gasteiger partial charge in [-0.15, -0.1) is 12.4 Å². The third-order valence-corrected chi connectivity index (χ3v) is 3.66. The summed E-state index contributed by atoms with van der Waals surface area (Å²) in [6.07, 6.45) is 5.02. The SMILES string of the molecule is CNC(C(=O)NC(C)CN1CCCC1=O)c1cnn(C)c1.Cl. The molecule has 0 saturated carbocycles. The van der Waals surface area contributed by atoms with Gasteiger partial charge in [0.15, 0.2) is 0 Å². The second-order valence-electron chi connectivity index (χ2n) is 5.52. The fourth-order valence-corrected chi connectivity index (χ4v) is 2.64. The van der Waals surface area contributed by atoms with Crippen LogP contribution in [0.3, 0.4) is 0 Å². The lowest BCUT2D eigenvalue weighted by Gasteiger charge is -2.23. The van der Waals surface area contributed by atoms with E-state index in [1.807, 2.05) is 25.1 Å². The molecule has 7 nitrogen and oxygen atoms in total. The molecule has 22 heavy (non-hydrogen) atoms. The lowest BCUT2D eigenvalue weighted by atomic mass is 10.1. The number of carbonyl (C=O) groups is 2. The van der Waals surface area contributed by atoms with Gasteiger partial charge in [0, 0.05) is 44.4 Å². The Bertz CT molecular complexity index is 519. The van der Waals surface area contributed by atoms with Crippen LogP contribution in [0.4, 0.5) is 0 Å². The molecule has 0 bridgehead atoms. The minimum absolute atomic E-state index is 0. The number of hydrogen-bond donors (Lipinski definition) is 2. The van der Waals surface area contributed by atoms with Crippen molar-refractivity contribution in [3.8, 4) is 0 Å². The Morgan fingerprint density at radius 3 is 2.73 bits per heavy atom. The van der Waals surface area contributed by atoms with Crippen LogP contribution in [-0.4, -0.2) is 52.7 Å². The van der Waals surface area contributed by atoms with Crippen LogP contribution in [-0.2, 0) is 16.6 Å². The van der Waals surface area contributed by atoms with Crippen molar-refractivity contribution in [3.63, 3.8) is 0 Å². The van der Waals surface area contributed by atoms with Gasteiger partial charge >= 0.3 is 0 Å². The van der Waals surface area contributed by atoms with Gasteiger partial charge in [0.2, 0.25) is 11.8 Å². The summed E-state index contributed by atoms with van der Waals surface area (Å²) in [5.74, 6) is 0.0678. The maximum Gasteiger partial charge on any atom is 0.242 e. The predicted molar refractivity (Wildman–Crippen MR) is 85.7 cm³/mol. The first-order valence-electron chi connectivity index (χ1n) is 7.25. The van der Waals surface area contributed by atoms with E-state index < -0.39 is 6.04 Å². The van der Waals surface area contributed by atoms with Gasteiger partial charge in [0.25, 0.3) is 0 Å². The van der Waals surface area contributed by atoms with Gasteiger partial charge in [-0.05, 0) is 20.4 Å². The molecule has 0 aromatic carbocycles. The number of hydrogen-bond acceptors (Lipinski definition) is 4. The summed E-state index contributed by atoms with van der Waals surface area (Å²) in [5, 5.41) is 10.0. The molecule has 0 aliphatic carbocycles. The largest absolute Gasteiger partial charge is 0.350 e. The molecule has 0 radical (unpaired) electrons. The maximum atomic E-state index is 12.3. The zero-order chi connectivity index (χ0) is 15.4. The number of rotatable bonds is 6. The fraction of sp³-hybridized carbons (Fsp3) is 0.643. The first-order chi connectivity index (χ1) is 10.0. The number of halogens is 1. The smallest absolute Gasteiger partial charge is 0.242 e. The quantitative estimate of drug-likeness (QED) is 0.783. The molecule has 124 valence electrons. The van der Waals surface area contributed by atoms with Crippen molar-refractivity contribution in [2.24, 2.45) is 7.05 Å². The minimum atomic E-state index is -0.435. The van der Waals surface area contributed by atoms with Crippen LogP contribution in [0.2, 0.25) is 0 Å². The average molecular weight is 330 g/mol. The van der Waals surface area contributed by atoms with Gasteiger partial charge in [0.05, 0.1) is 6.20 Å². The lowest BCUT2D eigenvalue weighted by molar-refractivity contribution is -0.129. The summed E-state index contributed by atoms with van der Waals surface area (Å²) in [6.45, 7) is 3.27. The predicted octanol–water partition coefficient (Wildman–Crippen LogP) is 0.230. The Labute approximate surface area is 136 Å². The Balaban J connectivity index is 0.00000242. The molecule has 1 aliphatic rings. The molecule has 2 amide bonds. The number of aromatic nitrogens is 2. The monoisotopic (exact) mass is 329 g/mol. The molecule has 8 heteroatoms. The van der Waals surface area contributed by atoms with Crippen LogP contribution in [0.15, 0.2) is 12.4 Å². The number of likely N-dealkylation sites (tertiary alicyclic amines) is 1. The molecule has 2 atom stereocenters. The van der Waals surface area contributed by atoms with Crippen LogP contribution in [0, 0.1) is 0 Å². The summed E-state index contributed by atoms with van der Waals surface area (Å²) in [4.78, 5) is 25.7. The maximum absolute atomic E-state index is 12.3. The van der Waals surface area contributed by atoms with Crippen molar-refractivity contribution in [1.82, 2.24) is 25.3 Å². The Morgan fingerprint density at radius 1 is 1.50 bits per heavy atom.